The van der Waals surface area contributed by atoms with Gasteiger partial charge in [0.25, 0.3) is 5.91 Å². The first-order chi connectivity index (χ1) is 15.6. The number of benzene rings is 1. The zero-order valence-electron chi connectivity index (χ0n) is 17.7. The van der Waals surface area contributed by atoms with E-state index in [4.69, 9.17) is 11.0 Å². The summed E-state index contributed by atoms with van der Waals surface area (Å²) in [6.07, 6.45) is -0.0212. The third kappa shape index (κ3) is 4.35. The third-order valence-electron chi connectivity index (χ3n) is 6.62. The lowest BCUT2D eigenvalue weighted by Crippen LogP contribution is -2.44. The Morgan fingerprint density at radius 1 is 1.21 bits per heavy atom. The van der Waals surface area contributed by atoms with Gasteiger partial charge in [0.1, 0.15) is 6.04 Å². The van der Waals surface area contributed by atoms with Crippen LogP contribution in [0.2, 0.25) is 0 Å². The molecule has 172 valence electrons. The highest BCUT2D eigenvalue weighted by Crippen LogP contribution is 2.45. The lowest BCUT2D eigenvalue weighted by molar-refractivity contribution is -0.137. The number of rotatable bonds is 3. The largest absolute Gasteiger partial charge is 0.417 e. The van der Waals surface area contributed by atoms with Gasteiger partial charge in [-0.1, -0.05) is 0 Å². The van der Waals surface area contributed by atoms with Crippen molar-refractivity contribution >= 4 is 17.5 Å². The number of likely N-dealkylation sites (tertiary alicyclic amines) is 1. The molecule has 1 unspecified atom stereocenters. The molecule has 0 radical (unpaired) electrons. The number of nitrogens with zero attached hydrogens (tertiary/aromatic N) is 4. The summed E-state index contributed by atoms with van der Waals surface area (Å²) in [7, 11) is 0. The van der Waals surface area contributed by atoms with Crippen LogP contribution in [0.4, 0.5) is 18.9 Å². The topological polar surface area (TPSA) is 103 Å². The van der Waals surface area contributed by atoms with E-state index in [1.165, 1.54) is 23.2 Å². The monoisotopic (exact) mass is 457 g/mol. The van der Waals surface area contributed by atoms with Crippen LogP contribution in [0.15, 0.2) is 42.7 Å². The molecule has 2 N–H and O–H groups in total. The number of pyridine rings is 1. The van der Waals surface area contributed by atoms with Crippen LogP contribution < -0.4 is 10.6 Å². The molecule has 4 rings (SSSR count). The molecule has 2 aromatic rings. The number of hydrogen-bond acceptors (Lipinski definition) is 5. The van der Waals surface area contributed by atoms with Crippen LogP contribution in [0, 0.1) is 16.7 Å². The van der Waals surface area contributed by atoms with Gasteiger partial charge in [-0.15, -0.1) is 0 Å². The Morgan fingerprint density at radius 2 is 1.94 bits per heavy atom. The van der Waals surface area contributed by atoms with Crippen molar-refractivity contribution in [2.75, 3.05) is 24.5 Å². The first-order valence-corrected chi connectivity index (χ1v) is 10.5. The Balaban J connectivity index is 1.52. The maximum absolute atomic E-state index is 13.3. The summed E-state index contributed by atoms with van der Waals surface area (Å²) in [5, 5.41) is 9.01. The molecular weight excluding hydrogens is 435 g/mol. The Kier molecular flexibility index (Phi) is 5.74. The van der Waals surface area contributed by atoms with E-state index in [0.29, 0.717) is 50.1 Å². The predicted octanol–water partition coefficient (Wildman–Crippen LogP) is 2.96. The van der Waals surface area contributed by atoms with Crippen LogP contribution >= 0.6 is 0 Å². The van der Waals surface area contributed by atoms with Crippen molar-refractivity contribution in [1.29, 1.82) is 5.26 Å². The normalized spacial score (nSPS) is 20.0. The molecule has 2 amide bonds. The molecule has 1 atom stereocenters. The highest BCUT2D eigenvalue weighted by atomic mass is 19.4. The van der Waals surface area contributed by atoms with E-state index in [1.54, 1.807) is 24.4 Å². The molecular formula is C23H22F3N5O2. The smallest absolute Gasteiger partial charge is 0.371 e. The van der Waals surface area contributed by atoms with Gasteiger partial charge in [0.05, 0.1) is 22.8 Å². The van der Waals surface area contributed by atoms with E-state index in [2.05, 4.69) is 4.98 Å². The number of aromatic nitrogens is 1. The van der Waals surface area contributed by atoms with Gasteiger partial charge >= 0.3 is 6.18 Å². The molecule has 0 aliphatic carbocycles. The minimum absolute atomic E-state index is 0.312. The second-order valence-electron chi connectivity index (χ2n) is 8.62. The van der Waals surface area contributed by atoms with Gasteiger partial charge < -0.3 is 15.5 Å². The second kappa shape index (κ2) is 8.39. The molecule has 33 heavy (non-hydrogen) atoms. The molecule has 2 fully saturated rings. The maximum atomic E-state index is 13.3. The van der Waals surface area contributed by atoms with E-state index in [-0.39, 0.29) is 11.3 Å². The van der Waals surface area contributed by atoms with Crippen molar-refractivity contribution in [2.24, 2.45) is 11.1 Å². The zero-order chi connectivity index (χ0) is 23.8. The first kappa shape index (κ1) is 22.6. The number of nitriles is 1. The summed E-state index contributed by atoms with van der Waals surface area (Å²) in [5.41, 5.74) is 4.66. The van der Waals surface area contributed by atoms with Crippen molar-refractivity contribution in [1.82, 2.24) is 9.88 Å². The van der Waals surface area contributed by atoms with Gasteiger partial charge in [-0.2, -0.15) is 18.4 Å². The summed E-state index contributed by atoms with van der Waals surface area (Å²) in [5.74, 6) is -0.887. The molecule has 0 saturated carbocycles. The number of carbonyl (C=O) groups is 2. The van der Waals surface area contributed by atoms with E-state index in [0.717, 1.165) is 6.07 Å². The van der Waals surface area contributed by atoms with Crippen LogP contribution in [0.5, 0.6) is 0 Å². The molecule has 7 nitrogen and oxygen atoms in total. The number of piperidine rings is 1. The van der Waals surface area contributed by atoms with Crippen molar-refractivity contribution in [3.05, 3.63) is 59.4 Å². The number of amides is 2. The Labute approximate surface area is 188 Å². The average molecular weight is 457 g/mol. The fraction of sp³-hybridized carbons (Fsp3) is 0.391. The van der Waals surface area contributed by atoms with Crippen LogP contribution in [0.3, 0.4) is 0 Å². The lowest BCUT2D eigenvalue weighted by Gasteiger charge is -2.40. The average Bonchev–Trinajstić information content (AvgIpc) is 3.18. The molecule has 3 heterocycles. The molecule has 0 bridgehead atoms. The maximum Gasteiger partial charge on any atom is 0.417 e. The van der Waals surface area contributed by atoms with Crippen molar-refractivity contribution in [2.45, 2.75) is 31.5 Å². The number of primary amides is 1. The molecule has 2 aliphatic heterocycles. The fourth-order valence-electron chi connectivity index (χ4n) is 4.84. The van der Waals surface area contributed by atoms with Gasteiger partial charge in [0.15, 0.2) is 0 Å². The Bertz CT molecular complexity index is 1110. The SMILES string of the molecule is N#Cc1ccc(N2CCC3(CC2)CC(C(N)=O)N(C(=O)c2cccnc2)C3)cc1C(F)(F)F. The first-order valence-electron chi connectivity index (χ1n) is 10.5. The highest BCUT2D eigenvalue weighted by Gasteiger charge is 2.49. The summed E-state index contributed by atoms with van der Waals surface area (Å²) in [4.78, 5) is 32.4. The second-order valence-corrected chi connectivity index (χ2v) is 8.62. The minimum atomic E-state index is -4.62. The van der Waals surface area contributed by atoms with Gasteiger partial charge in [-0.3, -0.25) is 14.6 Å². The minimum Gasteiger partial charge on any atom is -0.371 e. The van der Waals surface area contributed by atoms with Crippen molar-refractivity contribution in [3.63, 3.8) is 0 Å². The van der Waals surface area contributed by atoms with Crippen molar-refractivity contribution in [3.8, 4) is 6.07 Å². The van der Waals surface area contributed by atoms with Crippen LogP contribution in [0.1, 0.15) is 40.7 Å². The molecule has 2 aliphatic rings. The highest BCUT2D eigenvalue weighted by molar-refractivity contribution is 5.97. The predicted molar refractivity (Wildman–Crippen MR) is 113 cm³/mol. The molecule has 10 heteroatoms. The lowest BCUT2D eigenvalue weighted by atomic mass is 9.76. The standard InChI is InChI=1S/C23H22F3N5O2/c24-23(25,26)18-10-17(4-3-15(18)12-27)30-8-5-22(6-9-30)11-19(20(28)32)31(14-22)21(33)16-2-1-7-29-13-16/h1-4,7,10,13,19H,5-6,8-9,11,14H2,(H2,28,32). The Morgan fingerprint density at radius 3 is 2.52 bits per heavy atom. The zero-order valence-corrected chi connectivity index (χ0v) is 17.7. The van der Waals surface area contributed by atoms with Gasteiger partial charge in [-0.05, 0) is 55.0 Å². The number of nitrogens with two attached hydrogens (primary N) is 1. The van der Waals surface area contributed by atoms with E-state index in [9.17, 15) is 22.8 Å². The number of hydrogen-bond donors (Lipinski definition) is 1. The summed E-state index contributed by atoms with van der Waals surface area (Å²) >= 11 is 0. The summed E-state index contributed by atoms with van der Waals surface area (Å²) < 4.78 is 40.0. The molecule has 1 aromatic heterocycles. The van der Waals surface area contributed by atoms with E-state index >= 15 is 0 Å². The number of anilines is 1. The van der Waals surface area contributed by atoms with Crippen LogP contribution in [-0.4, -0.2) is 47.4 Å². The summed E-state index contributed by atoms with van der Waals surface area (Å²) in [6.45, 7) is 1.27. The third-order valence-corrected chi connectivity index (χ3v) is 6.62. The number of halogens is 3. The molecule has 1 spiro atoms. The van der Waals surface area contributed by atoms with Gasteiger partial charge in [-0.25, -0.2) is 0 Å². The molecule has 2 saturated heterocycles. The number of carbonyl (C=O) groups excluding carboxylic acids is 2. The van der Waals surface area contributed by atoms with E-state index in [1.807, 2.05) is 4.90 Å². The van der Waals surface area contributed by atoms with Crippen LogP contribution in [0.25, 0.3) is 0 Å². The number of alkyl halides is 3. The quantitative estimate of drug-likeness (QED) is 0.763. The van der Waals surface area contributed by atoms with Gasteiger partial charge in [0, 0.05) is 37.7 Å². The van der Waals surface area contributed by atoms with E-state index < -0.39 is 29.3 Å². The molecule has 1 aromatic carbocycles. The van der Waals surface area contributed by atoms with Gasteiger partial charge in [0.2, 0.25) is 5.91 Å². The van der Waals surface area contributed by atoms with Crippen molar-refractivity contribution < 1.29 is 22.8 Å². The summed E-state index contributed by atoms with van der Waals surface area (Å²) in [6, 6.07) is 7.84. The fourth-order valence-corrected chi connectivity index (χ4v) is 4.84. The van der Waals surface area contributed by atoms with Crippen LogP contribution in [-0.2, 0) is 11.0 Å². The Hall–Kier alpha value is -3.61.